The van der Waals surface area contributed by atoms with Gasteiger partial charge in [0.25, 0.3) is 5.91 Å². The van der Waals surface area contributed by atoms with E-state index >= 15 is 0 Å². The standard InChI is InChI=1S/C11H11NO3S/c13-10-6-5-8(11(14)12-10)15-7-3-1-2-4-9(7)16/h1-4,8,16H,5-6H2,(H,12,13,14). The third-order valence-corrected chi connectivity index (χ3v) is 2.69. The van der Waals surface area contributed by atoms with Crippen LogP contribution in [-0.2, 0) is 9.59 Å². The molecule has 1 aliphatic rings. The number of benzene rings is 1. The van der Waals surface area contributed by atoms with Crippen LogP contribution in [0.25, 0.3) is 0 Å². The van der Waals surface area contributed by atoms with Gasteiger partial charge in [-0.3, -0.25) is 14.9 Å². The van der Waals surface area contributed by atoms with Gasteiger partial charge in [0, 0.05) is 17.7 Å². The molecule has 84 valence electrons. The second-order valence-corrected chi connectivity index (χ2v) is 4.01. The quantitative estimate of drug-likeness (QED) is 0.599. The highest BCUT2D eigenvalue weighted by molar-refractivity contribution is 7.80. The third-order valence-electron chi connectivity index (χ3n) is 2.32. The number of carbonyl (C=O) groups is 2. The van der Waals surface area contributed by atoms with Gasteiger partial charge in [-0.1, -0.05) is 12.1 Å². The van der Waals surface area contributed by atoms with Crippen LogP contribution >= 0.6 is 12.6 Å². The van der Waals surface area contributed by atoms with E-state index in [1.807, 2.05) is 6.07 Å². The summed E-state index contributed by atoms with van der Waals surface area (Å²) in [4.78, 5) is 23.0. The summed E-state index contributed by atoms with van der Waals surface area (Å²) in [5.74, 6) is -0.0721. The van der Waals surface area contributed by atoms with Crippen LogP contribution in [0.1, 0.15) is 12.8 Å². The highest BCUT2D eigenvalue weighted by Gasteiger charge is 2.28. The van der Waals surface area contributed by atoms with Gasteiger partial charge in [-0.25, -0.2) is 0 Å². The number of rotatable bonds is 2. The fourth-order valence-corrected chi connectivity index (χ4v) is 1.71. The lowest BCUT2D eigenvalue weighted by Gasteiger charge is -2.22. The number of para-hydroxylation sites is 1. The topological polar surface area (TPSA) is 55.4 Å². The van der Waals surface area contributed by atoms with Crippen molar-refractivity contribution in [2.45, 2.75) is 23.8 Å². The minimum atomic E-state index is -0.606. The average molecular weight is 237 g/mol. The lowest BCUT2D eigenvalue weighted by atomic mass is 10.1. The van der Waals surface area contributed by atoms with Gasteiger partial charge in [-0.15, -0.1) is 12.6 Å². The smallest absolute Gasteiger partial charge is 0.267 e. The average Bonchev–Trinajstić information content (AvgIpc) is 2.25. The largest absolute Gasteiger partial charge is 0.479 e. The summed E-state index contributed by atoms with van der Waals surface area (Å²) in [6.45, 7) is 0. The molecule has 16 heavy (non-hydrogen) atoms. The van der Waals surface area contributed by atoms with Gasteiger partial charge in [0.05, 0.1) is 0 Å². The molecule has 1 unspecified atom stereocenters. The van der Waals surface area contributed by atoms with E-state index < -0.39 is 6.10 Å². The molecular formula is C11H11NO3S. The molecule has 1 aromatic carbocycles. The molecule has 0 aromatic heterocycles. The molecule has 4 nitrogen and oxygen atoms in total. The van der Waals surface area contributed by atoms with Gasteiger partial charge in [0.1, 0.15) is 5.75 Å². The normalized spacial score (nSPS) is 20.4. The summed E-state index contributed by atoms with van der Waals surface area (Å²) in [7, 11) is 0. The predicted molar refractivity (Wildman–Crippen MR) is 60.5 cm³/mol. The van der Waals surface area contributed by atoms with Crippen molar-refractivity contribution in [2.24, 2.45) is 0 Å². The van der Waals surface area contributed by atoms with Gasteiger partial charge in [-0.2, -0.15) is 0 Å². The molecule has 5 heteroatoms. The van der Waals surface area contributed by atoms with E-state index in [-0.39, 0.29) is 11.8 Å². The number of carbonyl (C=O) groups excluding carboxylic acids is 2. The summed E-state index contributed by atoms with van der Waals surface area (Å²) in [6.07, 6.45) is 0.115. The van der Waals surface area contributed by atoms with Crippen LogP contribution < -0.4 is 10.1 Å². The summed E-state index contributed by atoms with van der Waals surface area (Å²) < 4.78 is 5.51. The Morgan fingerprint density at radius 3 is 2.75 bits per heavy atom. The SMILES string of the molecule is O=C1CCC(Oc2ccccc2S)C(=O)N1. The highest BCUT2D eigenvalue weighted by atomic mass is 32.1. The van der Waals surface area contributed by atoms with Crippen molar-refractivity contribution in [3.63, 3.8) is 0 Å². The Hall–Kier alpha value is -1.49. The van der Waals surface area contributed by atoms with E-state index in [0.29, 0.717) is 23.5 Å². The summed E-state index contributed by atoms with van der Waals surface area (Å²) in [6, 6.07) is 7.16. The lowest BCUT2D eigenvalue weighted by Crippen LogP contribution is -2.46. The predicted octanol–water partition coefficient (Wildman–Crippen LogP) is 1.16. The molecule has 2 amide bonds. The lowest BCUT2D eigenvalue weighted by molar-refractivity contribution is -0.138. The van der Waals surface area contributed by atoms with E-state index in [4.69, 9.17) is 4.74 Å². The molecule has 1 aliphatic heterocycles. The Morgan fingerprint density at radius 1 is 1.31 bits per heavy atom. The molecule has 1 fully saturated rings. The second-order valence-electron chi connectivity index (χ2n) is 3.53. The Bertz CT molecular complexity index is 433. The van der Waals surface area contributed by atoms with Crippen LogP contribution in [0.4, 0.5) is 0 Å². The molecule has 1 saturated heterocycles. The Morgan fingerprint density at radius 2 is 2.06 bits per heavy atom. The van der Waals surface area contributed by atoms with E-state index in [1.165, 1.54) is 0 Å². The van der Waals surface area contributed by atoms with Gasteiger partial charge >= 0.3 is 0 Å². The minimum Gasteiger partial charge on any atom is -0.479 e. The van der Waals surface area contributed by atoms with Crippen molar-refractivity contribution in [3.8, 4) is 5.75 Å². The van der Waals surface area contributed by atoms with E-state index in [1.54, 1.807) is 18.2 Å². The number of amides is 2. The van der Waals surface area contributed by atoms with Gasteiger partial charge in [-0.05, 0) is 12.1 Å². The summed E-state index contributed by atoms with van der Waals surface area (Å²) >= 11 is 4.22. The van der Waals surface area contributed by atoms with Crippen molar-refractivity contribution in [1.29, 1.82) is 0 Å². The van der Waals surface area contributed by atoms with Crippen LogP contribution in [0, 0.1) is 0 Å². The Kier molecular flexibility index (Phi) is 3.14. The zero-order valence-electron chi connectivity index (χ0n) is 8.47. The molecular weight excluding hydrogens is 226 g/mol. The molecule has 1 atom stereocenters. The molecule has 0 aliphatic carbocycles. The van der Waals surface area contributed by atoms with Gasteiger partial charge in [0.2, 0.25) is 5.91 Å². The fraction of sp³-hybridized carbons (Fsp3) is 0.273. The summed E-state index contributed by atoms with van der Waals surface area (Å²) in [5, 5.41) is 2.24. The molecule has 0 bridgehead atoms. The maximum atomic E-state index is 11.4. The zero-order chi connectivity index (χ0) is 11.5. The number of piperidine rings is 1. The van der Waals surface area contributed by atoms with Crippen molar-refractivity contribution in [1.82, 2.24) is 5.32 Å². The van der Waals surface area contributed by atoms with E-state index in [9.17, 15) is 9.59 Å². The van der Waals surface area contributed by atoms with E-state index in [0.717, 1.165) is 0 Å². The molecule has 0 saturated carbocycles. The first kappa shape index (κ1) is 11.0. The van der Waals surface area contributed by atoms with Crippen molar-refractivity contribution < 1.29 is 14.3 Å². The van der Waals surface area contributed by atoms with Gasteiger partial charge in [0.15, 0.2) is 6.10 Å². The number of ether oxygens (including phenoxy) is 1. The molecule has 1 aromatic rings. The fourth-order valence-electron chi connectivity index (χ4n) is 1.50. The summed E-state index contributed by atoms with van der Waals surface area (Å²) in [5.41, 5.74) is 0. The van der Waals surface area contributed by atoms with Gasteiger partial charge < -0.3 is 4.74 Å². The minimum absolute atomic E-state index is 0.246. The van der Waals surface area contributed by atoms with Crippen LogP contribution in [0.15, 0.2) is 29.2 Å². The zero-order valence-corrected chi connectivity index (χ0v) is 9.37. The molecule has 0 spiro atoms. The van der Waals surface area contributed by atoms with Crippen LogP contribution in [0.5, 0.6) is 5.75 Å². The molecule has 0 radical (unpaired) electrons. The first-order valence-electron chi connectivity index (χ1n) is 4.95. The second kappa shape index (κ2) is 4.57. The highest BCUT2D eigenvalue weighted by Crippen LogP contribution is 2.24. The Balaban J connectivity index is 2.08. The van der Waals surface area contributed by atoms with Crippen molar-refractivity contribution in [3.05, 3.63) is 24.3 Å². The Labute approximate surface area is 98.4 Å². The molecule has 1 N–H and O–H groups in total. The van der Waals surface area contributed by atoms with Crippen molar-refractivity contribution in [2.75, 3.05) is 0 Å². The van der Waals surface area contributed by atoms with Crippen LogP contribution in [0.3, 0.4) is 0 Å². The van der Waals surface area contributed by atoms with Crippen LogP contribution in [0.2, 0.25) is 0 Å². The van der Waals surface area contributed by atoms with E-state index in [2.05, 4.69) is 17.9 Å². The number of nitrogens with one attached hydrogen (secondary N) is 1. The number of thiol groups is 1. The number of hydrogen-bond acceptors (Lipinski definition) is 4. The maximum absolute atomic E-state index is 11.4. The third kappa shape index (κ3) is 2.36. The molecule has 1 heterocycles. The monoisotopic (exact) mass is 237 g/mol. The molecule has 2 rings (SSSR count). The van der Waals surface area contributed by atoms with Crippen molar-refractivity contribution >= 4 is 24.4 Å². The number of hydrogen-bond donors (Lipinski definition) is 2. The first-order valence-corrected chi connectivity index (χ1v) is 5.40. The number of imide groups is 1. The first-order chi connectivity index (χ1) is 7.66. The maximum Gasteiger partial charge on any atom is 0.267 e. The van der Waals surface area contributed by atoms with Crippen LogP contribution in [-0.4, -0.2) is 17.9 Å².